The van der Waals surface area contributed by atoms with Gasteiger partial charge in [0.05, 0.1) is 23.7 Å². The van der Waals surface area contributed by atoms with Crippen LogP contribution in [0.2, 0.25) is 0 Å². The fraction of sp³-hybridized carbons (Fsp3) is 0.333. The van der Waals surface area contributed by atoms with Gasteiger partial charge < -0.3 is 30.0 Å². The monoisotopic (exact) mass is 589 g/mol. The molecule has 40 heavy (non-hydrogen) atoms. The van der Waals surface area contributed by atoms with Crippen LogP contribution in [0.5, 0.6) is 11.5 Å². The highest BCUT2D eigenvalue weighted by molar-refractivity contribution is 7.89. The van der Waals surface area contributed by atoms with Crippen molar-refractivity contribution in [2.75, 3.05) is 52.6 Å². The van der Waals surface area contributed by atoms with Crippen LogP contribution in [0.15, 0.2) is 47.4 Å². The van der Waals surface area contributed by atoms with Crippen LogP contribution in [0.1, 0.15) is 36.7 Å². The SMILES string of the molecule is COCCN(CCOC)S(=O)(=O)c1ccc(C(=O)Nc2sc(Cc3ccc4c(c3)OCO4)c(C)c2C(N)=O)cc1. The number of amides is 2. The van der Waals surface area contributed by atoms with Gasteiger partial charge in [0.1, 0.15) is 5.00 Å². The molecule has 0 radical (unpaired) electrons. The van der Waals surface area contributed by atoms with Crippen LogP contribution in [0.3, 0.4) is 0 Å². The van der Waals surface area contributed by atoms with E-state index in [-0.39, 0.29) is 49.1 Å². The Morgan fingerprint density at radius 2 is 1.68 bits per heavy atom. The van der Waals surface area contributed by atoms with Gasteiger partial charge in [0.25, 0.3) is 11.8 Å². The second kappa shape index (κ2) is 12.8. The van der Waals surface area contributed by atoms with Gasteiger partial charge in [-0.15, -0.1) is 11.3 Å². The third kappa shape index (κ3) is 6.45. The second-order valence-corrected chi connectivity index (χ2v) is 12.0. The maximum atomic E-state index is 13.1. The number of ether oxygens (including phenoxy) is 4. The van der Waals surface area contributed by atoms with Crippen molar-refractivity contribution in [3.05, 3.63) is 69.6 Å². The topological polar surface area (TPSA) is 146 Å². The molecule has 0 atom stereocenters. The van der Waals surface area contributed by atoms with Gasteiger partial charge in [-0.25, -0.2) is 8.42 Å². The maximum absolute atomic E-state index is 13.1. The smallest absolute Gasteiger partial charge is 0.256 e. The van der Waals surface area contributed by atoms with Gasteiger partial charge >= 0.3 is 0 Å². The van der Waals surface area contributed by atoms with E-state index in [1.165, 1.54) is 54.1 Å². The largest absolute Gasteiger partial charge is 0.454 e. The summed E-state index contributed by atoms with van der Waals surface area (Å²) in [6.45, 7) is 2.73. The molecule has 0 bridgehead atoms. The Balaban J connectivity index is 1.52. The van der Waals surface area contributed by atoms with Crippen molar-refractivity contribution < 1.29 is 37.0 Å². The van der Waals surface area contributed by atoms with Crippen molar-refractivity contribution in [2.45, 2.75) is 18.2 Å². The van der Waals surface area contributed by atoms with E-state index in [4.69, 9.17) is 24.7 Å². The highest BCUT2D eigenvalue weighted by Crippen LogP contribution is 2.37. The van der Waals surface area contributed by atoms with Gasteiger partial charge in [0.2, 0.25) is 16.8 Å². The highest BCUT2D eigenvalue weighted by atomic mass is 32.2. The minimum atomic E-state index is -3.84. The quantitative estimate of drug-likeness (QED) is 0.309. The van der Waals surface area contributed by atoms with Crippen molar-refractivity contribution in [2.24, 2.45) is 5.73 Å². The first-order valence-electron chi connectivity index (χ1n) is 12.4. The number of carbonyl (C=O) groups excluding carboxylic acids is 2. The summed E-state index contributed by atoms with van der Waals surface area (Å²) in [6, 6.07) is 11.2. The summed E-state index contributed by atoms with van der Waals surface area (Å²) >= 11 is 1.26. The molecule has 0 saturated heterocycles. The fourth-order valence-corrected chi connectivity index (χ4v) is 6.84. The number of sulfonamides is 1. The molecule has 1 aliphatic heterocycles. The zero-order valence-corrected chi connectivity index (χ0v) is 24.0. The highest BCUT2D eigenvalue weighted by Gasteiger charge is 2.25. The molecular formula is C27H31N3O8S2. The number of hydrogen-bond donors (Lipinski definition) is 2. The Kier molecular flexibility index (Phi) is 9.43. The van der Waals surface area contributed by atoms with Crippen molar-refractivity contribution in [3.63, 3.8) is 0 Å². The third-order valence-corrected chi connectivity index (χ3v) is 9.48. The van der Waals surface area contributed by atoms with Gasteiger partial charge in [0.15, 0.2) is 11.5 Å². The average molecular weight is 590 g/mol. The second-order valence-electron chi connectivity index (χ2n) is 8.95. The van der Waals surface area contributed by atoms with Gasteiger partial charge in [-0.1, -0.05) is 6.07 Å². The van der Waals surface area contributed by atoms with Crippen molar-refractivity contribution in [3.8, 4) is 11.5 Å². The Labute approximate surface area is 236 Å². The predicted octanol–water partition coefficient (Wildman–Crippen LogP) is 3.01. The minimum Gasteiger partial charge on any atom is -0.454 e. The van der Waals surface area contributed by atoms with Gasteiger partial charge in [-0.05, 0) is 54.4 Å². The van der Waals surface area contributed by atoms with E-state index in [1.54, 1.807) is 6.92 Å². The summed E-state index contributed by atoms with van der Waals surface area (Å²) in [5.74, 6) is 0.169. The summed E-state index contributed by atoms with van der Waals surface area (Å²) in [4.78, 5) is 26.3. The van der Waals surface area contributed by atoms with E-state index >= 15 is 0 Å². The average Bonchev–Trinajstić information content (AvgIpc) is 3.52. The zero-order chi connectivity index (χ0) is 28.9. The molecule has 0 fully saturated rings. The molecule has 13 heteroatoms. The number of thiophene rings is 1. The van der Waals surface area contributed by atoms with Gasteiger partial charge in [-0.3, -0.25) is 9.59 Å². The fourth-order valence-electron chi connectivity index (χ4n) is 4.19. The molecular weight excluding hydrogens is 558 g/mol. The standard InChI is InChI=1S/C27H31N3O8S2/c1-17-23(15-18-4-9-21-22(14-18)38-16-37-21)39-27(24(17)25(28)31)29-26(32)19-5-7-20(8-6-19)40(33,34)30(10-12-35-2)11-13-36-3/h4-9,14H,10-13,15-16H2,1-3H3,(H2,28,31)(H,29,32). The number of nitrogens with zero attached hydrogens (tertiary/aromatic N) is 1. The third-order valence-electron chi connectivity index (χ3n) is 6.36. The van der Waals surface area contributed by atoms with Gasteiger partial charge in [-0.2, -0.15) is 4.31 Å². The first kappa shape index (κ1) is 29.5. The lowest BCUT2D eigenvalue weighted by Crippen LogP contribution is -2.36. The van der Waals surface area contributed by atoms with E-state index in [2.05, 4.69) is 5.32 Å². The van der Waals surface area contributed by atoms with Crippen molar-refractivity contribution in [1.29, 1.82) is 0 Å². The first-order valence-corrected chi connectivity index (χ1v) is 14.6. The number of anilines is 1. The van der Waals surface area contributed by atoms with E-state index in [9.17, 15) is 18.0 Å². The van der Waals surface area contributed by atoms with Crippen molar-refractivity contribution in [1.82, 2.24) is 4.31 Å². The molecule has 11 nitrogen and oxygen atoms in total. The van der Waals surface area contributed by atoms with Crippen LogP contribution in [0, 0.1) is 6.92 Å². The summed E-state index contributed by atoms with van der Waals surface area (Å²) in [5.41, 5.74) is 7.75. The Hall–Kier alpha value is -3.49. The molecule has 3 aromatic rings. The number of primary amides is 1. The minimum absolute atomic E-state index is 0.0343. The molecule has 0 saturated carbocycles. The molecule has 1 aliphatic rings. The maximum Gasteiger partial charge on any atom is 0.256 e. The van der Waals surface area contributed by atoms with E-state index in [0.29, 0.717) is 28.5 Å². The van der Waals surface area contributed by atoms with Crippen LogP contribution < -0.4 is 20.5 Å². The van der Waals surface area contributed by atoms with Crippen LogP contribution >= 0.6 is 11.3 Å². The molecule has 2 heterocycles. The predicted molar refractivity (Wildman–Crippen MR) is 150 cm³/mol. The molecule has 1 aromatic heterocycles. The zero-order valence-electron chi connectivity index (χ0n) is 22.4. The number of methoxy groups -OCH3 is 2. The van der Waals surface area contributed by atoms with Crippen LogP contribution in [0.4, 0.5) is 5.00 Å². The lowest BCUT2D eigenvalue weighted by atomic mass is 10.1. The molecule has 0 aliphatic carbocycles. The van der Waals surface area contributed by atoms with Crippen LogP contribution in [-0.4, -0.2) is 71.9 Å². The number of carbonyl (C=O) groups is 2. The van der Waals surface area contributed by atoms with Crippen molar-refractivity contribution >= 4 is 38.2 Å². The Morgan fingerprint density at radius 3 is 2.30 bits per heavy atom. The number of hydrogen-bond acceptors (Lipinski definition) is 9. The Bertz CT molecular complexity index is 1480. The first-order chi connectivity index (χ1) is 19.1. The molecule has 3 N–H and O–H groups in total. The number of benzene rings is 2. The summed E-state index contributed by atoms with van der Waals surface area (Å²) in [6.07, 6.45) is 0.499. The molecule has 214 valence electrons. The summed E-state index contributed by atoms with van der Waals surface area (Å²) in [5, 5.41) is 3.10. The number of fused-ring (bicyclic) bond motifs is 1. The molecule has 2 amide bonds. The number of nitrogens with one attached hydrogen (secondary N) is 1. The van der Waals surface area contributed by atoms with Crippen LogP contribution in [-0.2, 0) is 25.9 Å². The molecule has 4 rings (SSSR count). The number of nitrogens with two attached hydrogens (primary N) is 1. The molecule has 0 unspecified atom stereocenters. The Morgan fingerprint density at radius 1 is 1.02 bits per heavy atom. The lowest BCUT2D eigenvalue weighted by molar-refractivity contribution is 0.100. The normalized spacial score (nSPS) is 12.6. The van der Waals surface area contributed by atoms with E-state index in [1.807, 2.05) is 18.2 Å². The van der Waals surface area contributed by atoms with Gasteiger partial charge in [0, 0.05) is 44.2 Å². The van der Waals surface area contributed by atoms with E-state index in [0.717, 1.165) is 10.4 Å². The number of rotatable bonds is 13. The summed E-state index contributed by atoms with van der Waals surface area (Å²) in [7, 11) is -0.848. The molecule has 2 aromatic carbocycles. The lowest BCUT2D eigenvalue weighted by Gasteiger charge is -2.21. The van der Waals surface area contributed by atoms with E-state index < -0.39 is 21.8 Å². The summed E-state index contributed by atoms with van der Waals surface area (Å²) < 4.78 is 48.4. The van der Waals surface area contributed by atoms with Crippen LogP contribution in [0.25, 0.3) is 0 Å². The molecule has 0 spiro atoms.